The Morgan fingerprint density at radius 1 is 1.27 bits per heavy atom. The SMILES string of the molecule is CC(C)(C)OC(=O)CCCC(C)(C)[CH]1CC[C](CC(=O)O)=[In]1. The number of carbonyl (C=O) groups excluding carboxylic acids is 1. The molecule has 0 aromatic heterocycles. The molecule has 1 atom stereocenters. The Morgan fingerprint density at radius 3 is 2.45 bits per heavy atom. The van der Waals surface area contributed by atoms with E-state index in [0.29, 0.717) is 12.8 Å². The van der Waals surface area contributed by atoms with Crippen LogP contribution < -0.4 is 0 Å². The van der Waals surface area contributed by atoms with Gasteiger partial charge >= 0.3 is 145 Å². The van der Waals surface area contributed by atoms with Gasteiger partial charge in [-0.1, -0.05) is 0 Å². The van der Waals surface area contributed by atoms with Crippen LogP contribution in [0.5, 0.6) is 0 Å². The average Bonchev–Trinajstić information content (AvgIpc) is 2.74. The summed E-state index contributed by atoms with van der Waals surface area (Å²) in [5.74, 6) is -0.792. The van der Waals surface area contributed by atoms with Crippen molar-refractivity contribution < 1.29 is 19.4 Å². The van der Waals surface area contributed by atoms with Crippen LogP contribution >= 0.6 is 0 Å². The van der Waals surface area contributed by atoms with Crippen molar-refractivity contribution in [1.82, 2.24) is 0 Å². The zero-order valence-corrected chi connectivity index (χ0v) is 17.9. The quantitative estimate of drug-likeness (QED) is 0.651. The van der Waals surface area contributed by atoms with Gasteiger partial charge in [0.15, 0.2) is 0 Å². The summed E-state index contributed by atoms with van der Waals surface area (Å²) in [6.07, 6.45) is 4.83. The second kappa shape index (κ2) is 7.98. The predicted molar refractivity (Wildman–Crippen MR) is 89.5 cm³/mol. The number of ether oxygens (including phenoxy) is 1. The third kappa shape index (κ3) is 7.30. The van der Waals surface area contributed by atoms with Gasteiger partial charge in [0.1, 0.15) is 0 Å². The first-order valence-corrected chi connectivity index (χ1v) is 11.7. The molecule has 1 heterocycles. The minimum atomic E-state index is -0.929. The molecule has 0 bridgehead atoms. The number of aliphatic carboxylic acids is 1. The van der Waals surface area contributed by atoms with E-state index in [0.717, 1.165) is 29.4 Å². The molecule has 0 spiro atoms. The Kier molecular flexibility index (Phi) is 7.16. The van der Waals surface area contributed by atoms with Gasteiger partial charge in [0.2, 0.25) is 0 Å². The molecular weight excluding hydrogens is 383 g/mol. The van der Waals surface area contributed by atoms with Crippen molar-refractivity contribution in [2.45, 2.75) is 82.4 Å². The van der Waals surface area contributed by atoms with Crippen LogP contribution in [0, 0.1) is 5.41 Å². The van der Waals surface area contributed by atoms with Crippen molar-refractivity contribution in [2.75, 3.05) is 0 Å². The first kappa shape index (κ1) is 19.7. The predicted octanol–water partition coefficient (Wildman–Crippen LogP) is 3.46. The fraction of sp³-hybridized carbons (Fsp3) is 0.824. The number of hydrogen-bond acceptors (Lipinski definition) is 3. The van der Waals surface area contributed by atoms with E-state index in [1.165, 1.54) is 3.26 Å². The Bertz CT molecular complexity index is 446. The summed E-state index contributed by atoms with van der Waals surface area (Å²) in [4.78, 5) is 22.6. The first-order valence-electron chi connectivity index (χ1n) is 8.13. The maximum absolute atomic E-state index is 11.8. The molecule has 1 aliphatic heterocycles. The topological polar surface area (TPSA) is 63.6 Å². The van der Waals surface area contributed by atoms with Crippen molar-refractivity contribution >= 4 is 37.6 Å². The molecule has 0 radical (unpaired) electrons. The van der Waals surface area contributed by atoms with E-state index >= 15 is 0 Å². The molecule has 124 valence electrons. The molecule has 1 N–H and O–H groups in total. The van der Waals surface area contributed by atoms with Gasteiger partial charge in [-0.25, -0.2) is 0 Å². The van der Waals surface area contributed by atoms with Gasteiger partial charge in [0.25, 0.3) is 0 Å². The number of hydrogen-bond donors (Lipinski definition) is 1. The van der Waals surface area contributed by atoms with Gasteiger partial charge in [-0.2, -0.15) is 0 Å². The summed E-state index contributed by atoms with van der Waals surface area (Å²) in [5.41, 5.74) is -0.183. The van der Waals surface area contributed by atoms with E-state index in [4.69, 9.17) is 9.84 Å². The molecule has 0 fully saturated rings. The number of carbonyl (C=O) groups is 2. The van der Waals surface area contributed by atoms with Crippen molar-refractivity contribution in [3.8, 4) is 0 Å². The Hall–Kier alpha value is -0.320. The molecule has 0 aliphatic carbocycles. The van der Waals surface area contributed by atoms with Crippen molar-refractivity contribution in [3.63, 3.8) is 0 Å². The van der Waals surface area contributed by atoms with Crippen LogP contribution in [0.2, 0.25) is 3.67 Å². The molecule has 22 heavy (non-hydrogen) atoms. The summed E-state index contributed by atoms with van der Waals surface area (Å²) in [7, 11) is 0. The number of esters is 1. The number of carboxylic acid groups (broad SMARTS) is 1. The van der Waals surface area contributed by atoms with Crippen molar-refractivity contribution in [2.24, 2.45) is 5.41 Å². The van der Waals surface area contributed by atoms with Gasteiger partial charge in [-0.05, 0) is 0 Å². The van der Waals surface area contributed by atoms with E-state index in [1.807, 2.05) is 20.8 Å². The van der Waals surface area contributed by atoms with Crippen LogP contribution in [-0.2, 0) is 14.3 Å². The standard InChI is InChI=1S/C17H29O4.In/c1-16(2,3)21-15(20)11-9-13-17(4,5)12-8-6-7-10-14(18)19;/h12H,6,8-11,13H2,1-5H3,(H,18,19);. The van der Waals surface area contributed by atoms with Crippen molar-refractivity contribution in [1.29, 1.82) is 0 Å². The summed E-state index contributed by atoms with van der Waals surface area (Å²) >= 11 is -0.929. The zero-order chi connectivity index (χ0) is 17.0. The van der Waals surface area contributed by atoms with Gasteiger partial charge in [-0.3, -0.25) is 0 Å². The van der Waals surface area contributed by atoms with Gasteiger partial charge in [0.05, 0.1) is 0 Å². The van der Waals surface area contributed by atoms with E-state index in [2.05, 4.69) is 13.8 Å². The molecular formula is C17H29InO4. The zero-order valence-electron chi connectivity index (χ0n) is 14.6. The molecule has 4 nitrogen and oxygen atoms in total. The Labute approximate surface area is 144 Å². The second-order valence-electron chi connectivity index (χ2n) is 7.97. The molecule has 0 aromatic carbocycles. The van der Waals surface area contributed by atoms with E-state index < -0.39 is 34.0 Å². The average molecular weight is 412 g/mol. The van der Waals surface area contributed by atoms with Crippen LogP contribution in [0.4, 0.5) is 0 Å². The summed E-state index contributed by atoms with van der Waals surface area (Å²) in [6, 6.07) is 0. The molecule has 0 saturated carbocycles. The second-order valence-corrected chi connectivity index (χ2v) is 13.5. The van der Waals surface area contributed by atoms with Crippen molar-refractivity contribution in [3.05, 3.63) is 0 Å². The normalized spacial score (nSPS) is 18.6. The van der Waals surface area contributed by atoms with E-state index in [1.54, 1.807) is 0 Å². The van der Waals surface area contributed by atoms with E-state index in [9.17, 15) is 9.59 Å². The maximum atomic E-state index is 11.8. The summed E-state index contributed by atoms with van der Waals surface area (Å²) in [6.45, 7) is 10.2. The van der Waals surface area contributed by atoms with Gasteiger partial charge in [0, 0.05) is 0 Å². The molecule has 0 saturated heterocycles. The first-order chi connectivity index (χ1) is 9.99. The molecule has 5 heteroatoms. The third-order valence-corrected chi connectivity index (χ3v) is 11.6. The molecule has 0 amide bonds. The van der Waals surface area contributed by atoms with Crippen LogP contribution in [-0.4, -0.2) is 48.3 Å². The fourth-order valence-corrected chi connectivity index (χ4v) is 9.14. The van der Waals surface area contributed by atoms with Crippen LogP contribution in [0.25, 0.3) is 0 Å². The number of carboxylic acids is 1. The fourth-order valence-electron chi connectivity index (χ4n) is 3.02. The monoisotopic (exact) mass is 412 g/mol. The van der Waals surface area contributed by atoms with Gasteiger partial charge < -0.3 is 0 Å². The Morgan fingerprint density at radius 2 is 1.91 bits per heavy atom. The summed E-state index contributed by atoms with van der Waals surface area (Å²) < 4.78 is 7.42. The minimum absolute atomic E-state index is 0.116. The third-order valence-electron chi connectivity index (χ3n) is 4.22. The molecule has 0 aromatic rings. The molecule has 1 rings (SSSR count). The molecule has 1 aliphatic rings. The summed E-state index contributed by atoms with van der Waals surface area (Å²) in [5, 5.41) is 8.92. The Balaban J connectivity index is 2.43. The van der Waals surface area contributed by atoms with Crippen LogP contribution in [0.3, 0.4) is 0 Å². The van der Waals surface area contributed by atoms with E-state index in [-0.39, 0.29) is 11.4 Å². The van der Waals surface area contributed by atoms with Crippen LogP contribution in [0.1, 0.15) is 73.1 Å². The number of rotatable bonds is 7. The van der Waals surface area contributed by atoms with Crippen LogP contribution in [0.15, 0.2) is 0 Å². The van der Waals surface area contributed by atoms with Gasteiger partial charge in [-0.15, -0.1) is 0 Å². The molecule has 1 unspecified atom stereocenters.